The highest BCUT2D eigenvalue weighted by Crippen LogP contribution is 2.21. The van der Waals surface area contributed by atoms with E-state index in [1.165, 1.54) is 5.56 Å². The Bertz CT molecular complexity index is 560. The van der Waals surface area contributed by atoms with Crippen LogP contribution in [0.2, 0.25) is 0 Å². The first-order valence-electron chi connectivity index (χ1n) is 6.13. The highest BCUT2D eigenvalue weighted by atomic mass is 32.1. The number of carbonyl (C=O) groups is 1. The van der Waals surface area contributed by atoms with Gasteiger partial charge in [-0.1, -0.05) is 26.0 Å². The van der Waals surface area contributed by atoms with Crippen molar-refractivity contribution in [3.8, 4) is 0 Å². The van der Waals surface area contributed by atoms with Crippen molar-refractivity contribution in [3.05, 3.63) is 35.5 Å². The molecule has 0 saturated carbocycles. The van der Waals surface area contributed by atoms with E-state index < -0.39 is 0 Å². The normalized spacial score (nSPS) is 11.1. The summed E-state index contributed by atoms with van der Waals surface area (Å²) in [6, 6.07) is 8.15. The predicted octanol–water partition coefficient (Wildman–Crippen LogP) is 2.95. The summed E-state index contributed by atoms with van der Waals surface area (Å²) in [5.74, 6) is 1.05. The molecule has 2 N–H and O–H groups in total. The van der Waals surface area contributed by atoms with Crippen LogP contribution in [0.5, 0.6) is 0 Å². The van der Waals surface area contributed by atoms with Crippen LogP contribution in [0.1, 0.15) is 35.8 Å². The third kappa shape index (κ3) is 2.70. The van der Waals surface area contributed by atoms with Gasteiger partial charge in [0.15, 0.2) is 0 Å². The van der Waals surface area contributed by atoms with Gasteiger partial charge in [0.2, 0.25) is 0 Å². The van der Waals surface area contributed by atoms with E-state index in [9.17, 15) is 4.79 Å². The molecule has 0 fully saturated rings. The number of carbonyl (C=O) groups excluding carboxylic acids is 1. The van der Waals surface area contributed by atoms with Gasteiger partial charge in [0.1, 0.15) is 5.69 Å². The van der Waals surface area contributed by atoms with Crippen LogP contribution >= 0.6 is 12.6 Å². The topological polar surface area (TPSA) is 44.9 Å². The summed E-state index contributed by atoms with van der Waals surface area (Å²) in [6.45, 7) is 4.89. The molecule has 0 bridgehead atoms. The maximum atomic E-state index is 11.8. The van der Waals surface area contributed by atoms with E-state index >= 15 is 0 Å². The fraction of sp³-hybridized carbons (Fsp3) is 0.357. The van der Waals surface area contributed by atoms with Crippen LogP contribution in [0, 0.1) is 0 Å². The molecule has 1 heterocycles. The van der Waals surface area contributed by atoms with E-state index in [2.05, 4.69) is 55.0 Å². The van der Waals surface area contributed by atoms with Crippen molar-refractivity contribution < 1.29 is 4.79 Å². The molecule has 0 radical (unpaired) electrons. The predicted molar refractivity (Wildman–Crippen MR) is 78.6 cm³/mol. The van der Waals surface area contributed by atoms with Gasteiger partial charge in [0.25, 0.3) is 5.91 Å². The molecule has 0 atom stereocenters. The number of rotatable bonds is 4. The average Bonchev–Trinajstić information content (AvgIpc) is 2.78. The zero-order valence-electron chi connectivity index (χ0n) is 10.7. The standard InChI is InChI=1S/C14H18N2OS/c1-9(2)10-3-4-11-8-13(16-12(11)7-10)14(17)15-5-6-18/h3-4,7-9,16,18H,5-6H2,1-2H3,(H,15,17). The van der Waals surface area contributed by atoms with Gasteiger partial charge in [-0.2, -0.15) is 12.6 Å². The van der Waals surface area contributed by atoms with Crippen molar-refractivity contribution in [1.82, 2.24) is 10.3 Å². The van der Waals surface area contributed by atoms with E-state index in [-0.39, 0.29) is 5.91 Å². The third-order valence-corrected chi connectivity index (χ3v) is 3.18. The Hall–Kier alpha value is -1.42. The van der Waals surface area contributed by atoms with Gasteiger partial charge in [-0.05, 0) is 23.6 Å². The van der Waals surface area contributed by atoms with Crippen LogP contribution in [-0.2, 0) is 0 Å². The van der Waals surface area contributed by atoms with Crippen LogP contribution in [0.4, 0.5) is 0 Å². The highest BCUT2D eigenvalue weighted by Gasteiger charge is 2.09. The molecule has 1 amide bonds. The first-order chi connectivity index (χ1) is 8.61. The number of amides is 1. The van der Waals surface area contributed by atoms with E-state index in [1.807, 2.05) is 6.07 Å². The maximum absolute atomic E-state index is 11.8. The minimum atomic E-state index is -0.0775. The monoisotopic (exact) mass is 262 g/mol. The Labute approximate surface area is 112 Å². The number of hydrogen-bond donors (Lipinski definition) is 3. The quantitative estimate of drug-likeness (QED) is 0.729. The summed E-state index contributed by atoms with van der Waals surface area (Å²) < 4.78 is 0. The summed E-state index contributed by atoms with van der Waals surface area (Å²) in [5, 5.41) is 3.87. The van der Waals surface area contributed by atoms with Gasteiger partial charge in [0.05, 0.1) is 0 Å². The number of fused-ring (bicyclic) bond motifs is 1. The molecule has 2 rings (SSSR count). The first-order valence-corrected chi connectivity index (χ1v) is 6.77. The Morgan fingerprint density at radius 3 is 2.83 bits per heavy atom. The summed E-state index contributed by atoms with van der Waals surface area (Å²) in [6.07, 6.45) is 0. The molecule has 18 heavy (non-hydrogen) atoms. The molecule has 3 nitrogen and oxygen atoms in total. The lowest BCUT2D eigenvalue weighted by atomic mass is 10.0. The Morgan fingerprint density at radius 1 is 1.39 bits per heavy atom. The van der Waals surface area contributed by atoms with Gasteiger partial charge in [-0.15, -0.1) is 0 Å². The molecule has 0 aliphatic heterocycles. The van der Waals surface area contributed by atoms with E-state index in [0.717, 1.165) is 10.9 Å². The smallest absolute Gasteiger partial charge is 0.267 e. The number of thiol groups is 1. The van der Waals surface area contributed by atoms with Gasteiger partial charge >= 0.3 is 0 Å². The second-order valence-corrected chi connectivity index (χ2v) is 5.11. The van der Waals surface area contributed by atoms with E-state index in [4.69, 9.17) is 0 Å². The Balaban J connectivity index is 2.29. The molecule has 0 saturated heterocycles. The van der Waals surface area contributed by atoms with Crippen LogP contribution in [0.25, 0.3) is 10.9 Å². The molecular formula is C14H18N2OS. The zero-order valence-corrected chi connectivity index (χ0v) is 11.6. The van der Waals surface area contributed by atoms with Crippen molar-refractivity contribution in [1.29, 1.82) is 0 Å². The lowest BCUT2D eigenvalue weighted by molar-refractivity contribution is 0.0952. The molecule has 0 aliphatic carbocycles. The number of aromatic nitrogens is 1. The number of benzene rings is 1. The summed E-state index contributed by atoms with van der Waals surface area (Å²) in [4.78, 5) is 15.0. The Kier molecular flexibility index (Phi) is 3.97. The summed E-state index contributed by atoms with van der Waals surface area (Å²) >= 11 is 4.07. The van der Waals surface area contributed by atoms with Crippen LogP contribution in [0.3, 0.4) is 0 Å². The number of H-pyrrole nitrogens is 1. The largest absolute Gasteiger partial charge is 0.351 e. The second-order valence-electron chi connectivity index (χ2n) is 4.66. The molecular weight excluding hydrogens is 244 g/mol. The maximum Gasteiger partial charge on any atom is 0.267 e. The number of aromatic amines is 1. The summed E-state index contributed by atoms with van der Waals surface area (Å²) in [7, 11) is 0. The summed E-state index contributed by atoms with van der Waals surface area (Å²) in [5.41, 5.74) is 2.89. The number of nitrogens with one attached hydrogen (secondary N) is 2. The van der Waals surface area contributed by atoms with Crippen LogP contribution in [0.15, 0.2) is 24.3 Å². The zero-order chi connectivity index (χ0) is 13.1. The Morgan fingerprint density at radius 2 is 2.17 bits per heavy atom. The fourth-order valence-electron chi connectivity index (χ4n) is 1.89. The lowest BCUT2D eigenvalue weighted by Gasteiger charge is -2.04. The highest BCUT2D eigenvalue weighted by molar-refractivity contribution is 7.80. The van der Waals surface area contributed by atoms with E-state index in [1.54, 1.807) is 0 Å². The van der Waals surface area contributed by atoms with Gasteiger partial charge in [-0.3, -0.25) is 4.79 Å². The second kappa shape index (κ2) is 5.48. The first kappa shape index (κ1) is 13.0. The van der Waals surface area contributed by atoms with Crippen molar-refractivity contribution in [2.45, 2.75) is 19.8 Å². The molecule has 96 valence electrons. The fourth-order valence-corrected chi connectivity index (χ4v) is 2.00. The molecule has 0 spiro atoms. The van der Waals surface area contributed by atoms with Crippen molar-refractivity contribution in [3.63, 3.8) is 0 Å². The van der Waals surface area contributed by atoms with Crippen molar-refractivity contribution in [2.75, 3.05) is 12.3 Å². The van der Waals surface area contributed by atoms with Crippen molar-refractivity contribution >= 4 is 29.4 Å². The molecule has 0 aliphatic rings. The van der Waals surface area contributed by atoms with Gasteiger partial charge in [0, 0.05) is 23.2 Å². The third-order valence-electron chi connectivity index (χ3n) is 2.96. The van der Waals surface area contributed by atoms with Gasteiger partial charge in [-0.25, -0.2) is 0 Å². The average molecular weight is 262 g/mol. The molecule has 1 aromatic carbocycles. The molecule has 0 unspecified atom stereocenters. The minimum Gasteiger partial charge on any atom is -0.351 e. The van der Waals surface area contributed by atoms with E-state index in [0.29, 0.717) is 23.9 Å². The van der Waals surface area contributed by atoms with Crippen molar-refractivity contribution in [2.24, 2.45) is 0 Å². The lowest BCUT2D eigenvalue weighted by Crippen LogP contribution is -2.25. The van der Waals surface area contributed by atoms with Gasteiger partial charge < -0.3 is 10.3 Å². The SMILES string of the molecule is CC(C)c1ccc2cc(C(=O)NCCS)[nH]c2c1. The van der Waals surface area contributed by atoms with Crippen LogP contribution < -0.4 is 5.32 Å². The number of hydrogen-bond acceptors (Lipinski definition) is 2. The molecule has 1 aromatic heterocycles. The molecule has 2 aromatic rings. The minimum absolute atomic E-state index is 0.0775. The molecule has 4 heteroatoms. The van der Waals surface area contributed by atoms with Crippen LogP contribution in [-0.4, -0.2) is 23.2 Å².